The van der Waals surface area contributed by atoms with Gasteiger partial charge >= 0.3 is 0 Å². The zero-order valence-electron chi connectivity index (χ0n) is 24.7. The fraction of sp³-hybridized carbons (Fsp3) is 0.633. The highest BCUT2D eigenvalue weighted by molar-refractivity contribution is 6.30. The third-order valence-corrected chi connectivity index (χ3v) is 8.71. The number of carbonyl (C=O) groups excluding carboxylic acids is 1. The molecule has 12 nitrogen and oxygen atoms in total. The molecule has 0 radical (unpaired) electrons. The zero-order valence-corrected chi connectivity index (χ0v) is 25.4. The van der Waals surface area contributed by atoms with Crippen molar-refractivity contribution in [3.05, 3.63) is 47.0 Å². The second-order valence-corrected chi connectivity index (χ2v) is 12.0. The highest BCUT2D eigenvalue weighted by Crippen LogP contribution is 2.28. The van der Waals surface area contributed by atoms with Crippen LogP contribution in [0.15, 0.2) is 30.6 Å². The smallest absolute Gasteiger partial charge is 0.225 e. The first-order valence-electron chi connectivity index (χ1n) is 15.1. The molecule has 2 saturated heterocycles. The van der Waals surface area contributed by atoms with Crippen LogP contribution in [0.3, 0.4) is 0 Å². The number of nitrogens with zero attached hydrogens (tertiary/aromatic N) is 5. The summed E-state index contributed by atoms with van der Waals surface area (Å²) in [5.74, 6) is 0.881. The van der Waals surface area contributed by atoms with Crippen LogP contribution in [-0.4, -0.2) is 135 Å². The molecule has 2 aromatic rings. The molecule has 0 amide bonds. The Morgan fingerprint density at radius 2 is 1.66 bits per heavy atom. The second kappa shape index (κ2) is 16.7. The Morgan fingerprint density at radius 3 is 2.27 bits per heavy atom. The molecule has 0 bridgehead atoms. The van der Waals surface area contributed by atoms with Gasteiger partial charge in [0.25, 0.3) is 0 Å². The topological polar surface area (TPSA) is 163 Å². The number of aliphatic hydroxyl groups is 5. The van der Waals surface area contributed by atoms with E-state index in [1.54, 1.807) is 24.5 Å². The average Bonchev–Trinajstić information content (AvgIpc) is 3.04. The van der Waals surface area contributed by atoms with Gasteiger partial charge in [-0.05, 0) is 49.3 Å². The van der Waals surface area contributed by atoms with E-state index in [1.807, 2.05) is 9.80 Å². The lowest BCUT2D eigenvalue weighted by Gasteiger charge is -2.39. The Balaban J connectivity index is 1.18. The van der Waals surface area contributed by atoms with Gasteiger partial charge in [-0.2, -0.15) is 0 Å². The number of benzene rings is 1. The van der Waals surface area contributed by atoms with Crippen LogP contribution < -0.4 is 9.64 Å². The third-order valence-electron chi connectivity index (χ3n) is 8.52. The van der Waals surface area contributed by atoms with Gasteiger partial charge in [0.15, 0.2) is 11.6 Å². The fourth-order valence-electron chi connectivity index (χ4n) is 5.80. The maximum atomic E-state index is 15.0. The molecule has 2 aliphatic heterocycles. The number of hydrogen-bond acceptors (Lipinski definition) is 12. The number of carbonyl (C=O) groups is 1. The van der Waals surface area contributed by atoms with Gasteiger partial charge in [-0.25, -0.2) is 14.4 Å². The molecule has 0 saturated carbocycles. The van der Waals surface area contributed by atoms with Crippen molar-refractivity contribution in [2.45, 2.75) is 56.1 Å². The van der Waals surface area contributed by atoms with E-state index in [9.17, 15) is 29.6 Å². The van der Waals surface area contributed by atoms with Crippen LogP contribution in [0, 0.1) is 11.7 Å². The first-order chi connectivity index (χ1) is 21.2. The molecular weight excluding hydrogens is 597 g/mol. The quantitative estimate of drug-likeness (QED) is 0.137. The van der Waals surface area contributed by atoms with Crippen LogP contribution >= 0.6 is 11.6 Å². The first kappa shape index (κ1) is 34.4. The van der Waals surface area contributed by atoms with Crippen LogP contribution in [0.4, 0.5) is 10.3 Å². The van der Waals surface area contributed by atoms with Gasteiger partial charge in [0.2, 0.25) is 5.95 Å². The molecule has 2 aliphatic rings. The first-order valence-corrected chi connectivity index (χ1v) is 15.5. The number of anilines is 1. The Bertz CT molecular complexity index is 1170. The molecule has 44 heavy (non-hydrogen) atoms. The summed E-state index contributed by atoms with van der Waals surface area (Å²) in [6.07, 6.45) is 1.60. The summed E-state index contributed by atoms with van der Waals surface area (Å²) >= 11 is 5.88. The maximum Gasteiger partial charge on any atom is 0.225 e. The number of piperidine rings is 1. The SMILES string of the molecule is O=CC(c1ccc(OCCCC2CCN(c3ncc(Cl)cn3)CC2)c(F)c1)N1CCN(C[C@H](O)[C@@H](O)[C@H](O)[C@H](O)CO)CC1. The van der Waals surface area contributed by atoms with Crippen molar-refractivity contribution in [1.29, 1.82) is 0 Å². The van der Waals surface area contributed by atoms with Gasteiger partial charge in [0.1, 0.15) is 24.6 Å². The minimum atomic E-state index is -1.68. The molecule has 5 N–H and O–H groups in total. The summed E-state index contributed by atoms with van der Waals surface area (Å²) in [7, 11) is 0. The van der Waals surface area contributed by atoms with E-state index in [1.165, 1.54) is 6.07 Å². The van der Waals surface area contributed by atoms with Crippen LogP contribution in [-0.2, 0) is 4.79 Å². The van der Waals surface area contributed by atoms with Crippen LogP contribution in [0.5, 0.6) is 5.75 Å². The predicted molar refractivity (Wildman–Crippen MR) is 161 cm³/mol. The highest BCUT2D eigenvalue weighted by atomic mass is 35.5. The maximum absolute atomic E-state index is 15.0. The molecule has 4 rings (SSSR count). The van der Waals surface area contributed by atoms with Crippen molar-refractivity contribution in [1.82, 2.24) is 19.8 Å². The van der Waals surface area contributed by atoms with Crippen molar-refractivity contribution in [3.8, 4) is 5.75 Å². The molecule has 244 valence electrons. The van der Waals surface area contributed by atoms with Crippen LogP contribution in [0.2, 0.25) is 5.02 Å². The summed E-state index contributed by atoms with van der Waals surface area (Å²) in [4.78, 5) is 26.5. The number of piperazine rings is 1. The van der Waals surface area contributed by atoms with E-state index in [4.69, 9.17) is 21.4 Å². The predicted octanol–water partition coefficient (Wildman–Crippen LogP) is 0.638. The lowest BCUT2D eigenvalue weighted by Crippen LogP contribution is -2.54. The number of rotatable bonds is 15. The Kier molecular flexibility index (Phi) is 13.1. The Hall–Kier alpha value is -2.49. The molecular formula is C30H43ClFN5O7. The number of hydrogen-bond donors (Lipinski definition) is 5. The van der Waals surface area contributed by atoms with Gasteiger partial charge in [-0.15, -0.1) is 0 Å². The molecule has 2 fully saturated rings. The minimum Gasteiger partial charge on any atom is -0.491 e. The van der Waals surface area contributed by atoms with Crippen molar-refractivity contribution < 1.29 is 39.5 Å². The monoisotopic (exact) mass is 639 g/mol. The van der Waals surface area contributed by atoms with E-state index in [2.05, 4.69) is 14.9 Å². The van der Waals surface area contributed by atoms with Gasteiger partial charge in [0, 0.05) is 45.8 Å². The van der Waals surface area contributed by atoms with E-state index in [0.717, 1.165) is 45.1 Å². The highest BCUT2D eigenvalue weighted by Gasteiger charge is 2.33. The molecule has 0 aliphatic carbocycles. The van der Waals surface area contributed by atoms with E-state index >= 15 is 0 Å². The largest absolute Gasteiger partial charge is 0.491 e. The Labute approximate surface area is 261 Å². The van der Waals surface area contributed by atoms with Crippen molar-refractivity contribution in [2.75, 3.05) is 63.9 Å². The number of halogens is 2. The van der Waals surface area contributed by atoms with Gasteiger partial charge in [-0.3, -0.25) is 9.80 Å². The Morgan fingerprint density at radius 1 is 1.00 bits per heavy atom. The molecule has 1 aromatic carbocycles. The number of aliphatic hydroxyl groups excluding tert-OH is 5. The van der Waals surface area contributed by atoms with Crippen molar-refractivity contribution in [2.24, 2.45) is 5.92 Å². The normalized spacial score (nSPS) is 20.6. The standard InChI is InChI=1S/C30H43ClFN5O7/c31-22-15-33-30(34-16-22)37-7-5-20(6-8-37)2-1-13-44-27-4-3-21(14-23(27)32)24(18-38)36-11-9-35(10-12-36)17-25(40)28(42)29(43)26(41)19-39/h3-4,14-16,18,20,24-26,28-29,39-43H,1-2,5-13,17,19H2/t24?,25-,26+,28+,29+/m0/s1. The number of aromatic nitrogens is 2. The summed E-state index contributed by atoms with van der Waals surface area (Å²) < 4.78 is 20.7. The lowest BCUT2D eigenvalue weighted by atomic mass is 9.92. The second-order valence-electron chi connectivity index (χ2n) is 11.5. The van der Waals surface area contributed by atoms with E-state index in [-0.39, 0.29) is 12.3 Å². The minimum absolute atomic E-state index is 0.0359. The molecule has 1 unspecified atom stereocenters. The van der Waals surface area contributed by atoms with E-state index in [0.29, 0.717) is 55.2 Å². The third kappa shape index (κ3) is 9.27. The molecule has 1 aromatic heterocycles. The number of ether oxygens (including phenoxy) is 1. The van der Waals surface area contributed by atoms with Crippen molar-refractivity contribution >= 4 is 23.8 Å². The summed E-state index contributed by atoms with van der Waals surface area (Å²) in [5, 5.41) is 49.1. The number of β-amino-alcohol motifs (C(OH)–C–C–N with tert-alkyl or cyclic N) is 1. The molecule has 5 atom stereocenters. The molecule has 0 spiro atoms. The molecule has 14 heteroatoms. The zero-order chi connectivity index (χ0) is 31.6. The lowest BCUT2D eigenvalue weighted by molar-refractivity contribution is -0.122. The van der Waals surface area contributed by atoms with Crippen LogP contribution in [0.25, 0.3) is 0 Å². The summed E-state index contributed by atoms with van der Waals surface area (Å²) in [6.45, 7) is 3.28. The van der Waals surface area contributed by atoms with Crippen LogP contribution in [0.1, 0.15) is 37.3 Å². The molecule has 3 heterocycles. The van der Waals surface area contributed by atoms with Gasteiger partial charge in [-0.1, -0.05) is 17.7 Å². The number of aldehydes is 1. The fourth-order valence-corrected chi connectivity index (χ4v) is 5.90. The van der Waals surface area contributed by atoms with Crippen molar-refractivity contribution in [3.63, 3.8) is 0 Å². The van der Waals surface area contributed by atoms with E-state index < -0.39 is 42.9 Å². The average molecular weight is 640 g/mol. The summed E-state index contributed by atoms with van der Waals surface area (Å²) in [5.41, 5.74) is 0.520. The summed E-state index contributed by atoms with van der Waals surface area (Å²) in [6, 6.07) is 3.95. The van der Waals surface area contributed by atoms with Gasteiger partial charge < -0.3 is 40.0 Å². The van der Waals surface area contributed by atoms with Gasteiger partial charge in [0.05, 0.1) is 42.8 Å².